The van der Waals surface area contributed by atoms with E-state index in [-0.39, 0.29) is 11.9 Å². The van der Waals surface area contributed by atoms with Crippen molar-refractivity contribution in [3.8, 4) is 0 Å². The molecule has 1 aliphatic heterocycles. The Morgan fingerprint density at radius 3 is 2.83 bits per heavy atom. The van der Waals surface area contributed by atoms with E-state index in [0.29, 0.717) is 0 Å². The second-order valence-electron chi connectivity index (χ2n) is 7.10. The quantitative estimate of drug-likeness (QED) is 0.496. The number of hydrogen-bond donors (Lipinski definition) is 1. The monoisotopic (exact) mass is 420 g/mol. The van der Waals surface area contributed by atoms with Crippen molar-refractivity contribution in [2.24, 2.45) is 0 Å². The summed E-state index contributed by atoms with van der Waals surface area (Å²) in [5.74, 6) is 0.0385. The van der Waals surface area contributed by atoms with Crippen LogP contribution in [0.1, 0.15) is 23.4 Å². The highest BCUT2D eigenvalue weighted by molar-refractivity contribution is 7.18. The minimum Gasteiger partial charge on any atom is -0.336 e. The molecule has 1 aliphatic rings. The number of benzene rings is 2. The zero-order valence-electron chi connectivity index (χ0n) is 15.7. The Morgan fingerprint density at radius 1 is 1.17 bits per heavy atom. The topological polar surface area (TPSA) is 58.1 Å². The van der Waals surface area contributed by atoms with Gasteiger partial charge in [-0.15, -0.1) is 22.7 Å². The number of nitrogens with one attached hydrogen (secondary N) is 1. The molecule has 3 heterocycles. The third-order valence-corrected chi connectivity index (χ3v) is 6.98. The van der Waals surface area contributed by atoms with Gasteiger partial charge in [-0.25, -0.2) is 9.97 Å². The predicted octanol–water partition coefficient (Wildman–Crippen LogP) is 4.95. The number of thiazole rings is 2. The van der Waals surface area contributed by atoms with Crippen LogP contribution in [-0.4, -0.2) is 28.5 Å². The first kappa shape index (κ1) is 18.3. The fourth-order valence-electron chi connectivity index (χ4n) is 3.73. The van der Waals surface area contributed by atoms with Gasteiger partial charge in [0.05, 0.1) is 15.2 Å². The van der Waals surface area contributed by atoms with Crippen molar-refractivity contribution in [2.45, 2.75) is 25.3 Å². The number of aromatic nitrogens is 2. The van der Waals surface area contributed by atoms with Gasteiger partial charge in [-0.05, 0) is 42.7 Å². The second kappa shape index (κ2) is 7.93. The average Bonchev–Trinajstić information content (AvgIpc) is 3.48. The molecule has 146 valence electrons. The van der Waals surface area contributed by atoms with E-state index in [0.717, 1.165) is 47.2 Å². The first-order valence-corrected chi connectivity index (χ1v) is 11.4. The first-order chi connectivity index (χ1) is 14.3. The molecular weight excluding hydrogens is 400 g/mol. The van der Waals surface area contributed by atoms with Gasteiger partial charge < -0.3 is 10.2 Å². The molecular formula is C22H20N4OS2. The highest BCUT2D eigenvalue weighted by Gasteiger charge is 2.32. The molecule has 0 aliphatic carbocycles. The van der Waals surface area contributed by atoms with Gasteiger partial charge in [-0.3, -0.25) is 4.79 Å². The molecule has 0 saturated carbocycles. The molecule has 1 amide bonds. The Kier molecular flexibility index (Phi) is 4.99. The summed E-state index contributed by atoms with van der Waals surface area (Å²) < 4.78 is 1.22. The molecule has 1 N–H and O–H groups in total. The van der Waals surface area contributed by atoms with Crippen molar-refractivity contribution >= 4 is 49.6 Å². The maximum Gasteiger partial charge on any atom is 0.247 e. The third kappa shape index (κ3) is 3.88. The number of fused-ring (bicyclic) bond motifs is 1. The van der Waals surface area contributed by atoms with Gasteiger partial charge in [-0.2, -0.15) is 0 Å². The number of carbonyl (C=O) groups is 1. The summed E-state index contributed by atoms with van der Waals surface area (Å²) in [5.41, 5.74) is 3.07. The molecule has 5 rings (SSSR count). The molecule has 2 aromatic heterocycles. The Labute approximate surface area is 177 Å². The van der Waals surface area contributed by atoms with Crippen molar-refractivity contribution in [3.63, 3.8) is 0 Å². The molecule has 4 aromatic rings. The Balaban J connectivity index is 1.25. The number of amides is 1. The lowest BCUT2D eigenvalue weighted by Gasteiger charge is -2.23. The van der Waals surface area contributed by atoms with Crippen LogP contribution in [0.3, 0.4) is 0 Å². The van der Waals surface area contributed by atoms with Crippen LogP contribution in [-0.2, 0) is 11.2 Å². The smallest absolute Gasteiger partial charge is 0.247 e. The van der Waals surface area contributed by atoms with E-state index >= 15 is 0 Å². The molecule has 5 nitrogen and oxygen atoms in total. The Morgan fingerprint density at radius 2 is 2.03 bits per heavy atom. The van der Waals surface area contributed by atoms with E-state index in [4.69, 9.17) is 4.98 Å². The lowest BCUT2D eigenvalue weighted by molar-refractivity contribution is -0.117. The molecule has 1 unspecified atom stereocenters. The van der Waals surface area contributed by atoms with Crippen molar-refractivity contribution in [1.82, 2.24) is 9.97 Å². The van der Waals surface area contributed by atoms with Gasteiger partial charge in [0.25, 0.3) is 0 Å². The van der Waals surface area contributed by atoms with Crippen LogP contribution in [0.5, 0.6) is 0 Å². The van der Waals surface area contributed by atoms with Gasteiger partial charge >= 0.3 is 0 Å². The number of carbonyl (C=O) groups excluding carboxylic acids is 1. The Bertz CT molecular complexity index is 1090. The lowest BCUT2D eigenvalue weighted by atomic mass is 10.1. The van der Waals surface area contributed by atoms with E-state index in [2.05, 4.69) is 33.4 Å². The lowest BCUT2D eigenvalue weighted by Crippen LogP contribution is -2.39. The maximum absolute atomic E-state index is 12.8. The van der Waals surface area contributed by atoms with Crippen LogP contribution in [0, 0.1) is 0 Å². The second-order valence-corrected chi connectivity index (χ2v) is 9.09. The van der Waals surface area contributed by atoms with E-state index in [1.165, 1.54) is 10.3 Å². The summed E-state index contributed by atoms with van der Waals surface area (Å²) >= 11 is 3.31. The maximum atomic E-state index is 12.8. The van der Waals surface area contributed by atoms with Gasteiger partial charge in [0.1, 0.15) is 6.04 Å². The van der Waals surface area contributed by atoms with Gasteiger partial charge in [0.15, 0.2) is 5.13 Å². The minimum atomic E-state index is -0.149. The molecule has 2 aromatic carbocycles. The SMILES string of the molecule is O=C(Nc1ccc(Cc2nc3ccccc3s2)cc1)C1CCCN1c1nccs1. The van der Waals surface area contributed by atoms with Gasteiger partial charge in [0.2, 0.25) is 5.91 Å². The van der Waals surface area contributed by atoms with Crippen LogP contribution in [0.15, 0.2) is 60.1 Å². The number of rotatable bonds is 5. The van der Waals surface area contributed by atoms with Crippen LogP contribution in [0.25, 0.3) is 10.2 Å². The van der Waals surface area contributed by atoms with E-state index in [9.17, 15) is 4.79 Å². The molecule has 1 saturated heterocycles. The molecule has 0 bridgehead atoms. The average molecular weight is 421 g/mol. The van der Waals surface area contributed by atoms with Crippen molar-refractivity contribution in [2.75, 3.05) is 16.8 Å². The largest absolute Gasteiger partial charge is 0.336 e. The van der Waals surface area contributed by atoms with Crippen molar-refractivity contribution in [1.29, 1.82) is 0 Å². The summed E-state index contributed by atoms with van der Waals surface area (Å²) in [6, 6.07) is 16.1. The molecule has 1 fully saturated rings. The highest BCUT2D eigenvalue weighted by atomic mass is 32.1. The van der Waals surface area contributed by atoms with Crippen LogP contribution < -0.4 is 10.2 Å². The van der Waals surface area contributed by atoms with E-state index in [1.54, 1.807) is 28.9 Å². The summed E-state index contributed by atoms with van der Waals surface area (Å²) in [5, 5.41) is 7.05. The molecule has 7 heteroatoms. The minimum absolute atomic E-state index is 0.0385. The Hall–Kier alpha value is -2.77. The van der Waals surface area contributed by atoms with Crippen LogP contribution in [0.2, 0.25) is 0 Å². The number of anilines is 2. The summed E-state index contributed by atoms with van der Waals surface area (Å²) in [6.45, 7) is 0.882. The van der Waals surface area contributed by atoms with Gasteiger partial charge in [-0.1, -0.05) is 24.3 Å². The van der Waals surface area contributed by atoms with Crippen LogP contribution >= 0.6 is 22.7 Å². The van der Waals surface area contributed by atoms with E-state index in [1.807, 2.05) is 35.7 Å². The molecule has 1 atom stereocenters. The van der Waals surface area contributed by atoms with Gasteiger partial charge in [0, 0.05) is 30.2 Å². The fraction of sp³-hybridized carbons (Fsp3) is 0.227. The van der Waals surface area contributed by atoms with Crippen molar-refractivity contribution < 1.29 is 4.79 Å². The highest BCUT2D eigenvalue weighted by Crippen LogP contribution is 2.28. The van der Waals surface area contributed by atoms with E-state index < -0.39 is 0 Å². The molecule has 0 radical (unpaired) electrons. The molecule has 0 spiro atoms. The standard InChI is InChI=1S/C22H20N4OS2/c27-21(18-5-3-12-26(18)22-23-11-13-28-22)24-16-9-7-15(8-10-16)14-20-25-17-4-1-2-6-19(17)29-20/h1-2,4,6-11,13,18H,3,5,12,14H2,(H,24,27). The number of hydrogen-bond acceptors (Lipinski definition) is 6. The zero-order valence-corrected chi connectivity index (χ0v) is 17.4. The zero-order chi connectivity index (χ0) is 19.6. The summed E-state index contributed by atoms with van der Waals surface area (Å²) in [6.07, 6.45) is 4.46. The van der Waals surface area contributed by atoms with Crippen LogP contribution in [0.4, 0.5) is 10.8 Å². The number of nitrogens with zero attached hydrogens (tertiary/aromatic N) is 3. The predicted molar refractivity (Wildman–Crippen MR) is 120 cm³/mol. The first-order valence-electron chi connectivity index (χ1n) is 9.67. The van der Waals surface area contributed by atoms with Crippen molar-refractivity contribution in [3.05, 3.63) is 70.7 Å². The summed E-state index contributed by atoms with van der Waals surface area (Å²) in [7, 11) is 0. The normalized spacial score (nSPS) is 16.4. The third-order valence-electron chi connectivity index (χ3n) is 5.14. The number of para-hydroxylation sites is 1. The fourth-order valence-corrected chi connectivity index (χ4v) is 5.45. The molecule has 29 heavy (non-hydrogen) atoms. The summed E-state index contributed by atoms with van der Waals surface area (Å²) in [4.78, 5) is 24.0.